The summed E-state index contributed by atoms with van der Waals surface area (Å²) in [5.74, 6) is 0.980. The fourth-order valence-corrected chi connectivity index (χ4v) is 6.63. The van der Waals surface area contributed by atoms with Gasteiger partial charge in [0, 0.05) is 13.0 Å². The van der Waals surface area contributed by atoms with E-state index >= 15 is 0 Å². The molecule has 0 aromatic carbocycles. The highest BCUT2D eigenvalue weighted by atomic mass is 16.5. The number of carbonyl (C=O) groups is 1. The number of aliphatic hydroxyl groups is 1. The summed E-state index contributed by atoms with van der Waals surface area (Å²) >= 11 is 0. The second-order valence-electron chi connectivity index (χ2n) is 9.26. The minimum atomic E-state index is -0.846. The third-order valence-corrected chi connectivity index (χ3v) is 8.60. The van der Waals surface area contributed by atoms with E-state index in [0.717, 1.165) is 25.7 Å². The van der Waals surface area contributed by atoms with Gasteiger partial charge in [0.25, 0.3) is 0 Å². The first-order chi connectivity index (χ1) is 11.2. The summed E-state index contributed by atoms with van der Waals surface area (Å²) in [7, 11) is 1.81. The van der Waals surface area contributed by atoms with E-state index < -0.39 is 11.5 Å². The first-order valence-electron chi connectivity index (χ1n) is 9.56. The zero-order valence-electron chi connectivity index (χ0n) is 16.0. The first kappa shape index (κ1) is 18.1. The van der Waals surface area contributed by atoms with Gasteiger partial charge >= 0.3 is 0 Å². The molecule has 2 bridgehead atoms. The number of methoxy groups -OCH3 is 1. The summed E-state index contributed by atoms with van der Waals surface area (Å²) in [5.41, 5.74) is -0.835. The molecular weight excluding hydrogens is 300 g/mol. The Balaban J connectivity index is 2.19. The molecule has 0 spiro atoms. The monoisotopic (exact) mass is 334 g/mol. The molecule has 0 aliphatic heterocycles. The number of hydrogen-bond donors (Lipinski definition) is 1. The van der Waals surface area contributed by atoms with Crippen LogP contribution in [0.1, 0.15) is 59.8 Å². The van der Waals surface area contributed by atoms with Gasteiger partial charge < -0.3 is 9.84 Å². The maximum Gasteiger partial charge on any atom is 0.148 e. The molecule has 1 N–H and O–H groups in total. The maximum atomic E-state index is 13.4. The van der Waals surface area contributed by atoms with E-state index in [4.69, 9.17) is 4.74 Å². The Morgan fingerprint density at radius 1 is 1.25 bits per heavy atom. The number of ketones is 1. The van der Waals surface area contributed by atoms with Gasteiger partial charge in [0.15, 0.2) is 0 Å². The van der Waals surface area contributed by atoms with Crippen LogP contribution in [0, 0.1) is 34.0 Å². The zero-order chi connectivity index (χ0) is 17.9. The molecule has 3 heteroatoms. The third-order valence-electron chi connectivity index (χ3n) is 8.60. The molecular formula is C21H34O3. The molecule has 24 heavy (non-hydrogen) atoms. The minimum Gasteiger partial charge on any atom is -0.392 e. The lowest BCUT2D eigenvalue weighted by Gasteiger charge is -2.60. The largest absolute Gasteiger partial charge is 0.392 e. The van der Waals surface area contributed by atoms with Crippen molar-refractivity contribution in [1.29, 1.82) is 0 Å². The van der Waals surface area contributed by atoms with E-state index in [1.165, 1.54) is 0 Å². The summed E-state index contributed by atoms with van der Waals surface area (Å²) in [4.78, 5) is 13.4. The fraction of sp³-hybridized carbons (Fsp3) is 0.857. The van der Waals surface area contributed by atoms with Gasteiger partial charge in [0.1, 0.15) is 5.78 Å². The second kappa shape index (κ2) is 5.67. The average molecular weight is 335 g/mol. The van der Waals surface area contributed by atoms with Crippen LogP contribution >= 0.6 is 0 Å². The highest BCUT2D eigenvalue weighted by Crippen LogP contribution is 2.68. The van der Waals surface area contributed by atoms with E-state index in [-0.39, 0.29) is 28.6 Å². The van der Waals surface area contributed by atoms with Crippen LogP contribution in [0.25, 0.3) is 0 Å². The van der Waals surface area contributed by atoms with Crippen molar-refractivity contribution in [2.24, 2.45) is 34.0 Å². The van der Waals surface area contributed by atoms with Crippen LogP contribution in [0.5, 0.6) is 0 Å². The molecule has 0 amide bonds. The SMILES string of the molecule is C=C[C@]1(C)C(=O)[C@H](C)[C@@]23CC[C@@H](C)[C@@](C)(C[C@@H]1O)[C@@H]2[C@H](OC)CC3. The molecule has 3 aliphatic carbocycles. The summed E-state index contributed by atoms with van der Waals surface area (Å²) in [6.07, 6.45) is 6.21. The van der Waals surface area contributed by atoms with Gasteiger partial charge in [-0.25, -0.2) is 0 Å². The van der Waals surface area contributed by atoms with Crippen LogP contribution in [0.3, 0.4) is 0 Å². The van der Waals surface area contributed by atoms with Crippen LogP contribution in [-0.4, -0.2) is 30.2 Å². The molecule has 3 nitrogen and oxygen atoms in total. The fourth-order valence-electron chi connectivity index (χ4n) is 6.63. The molecule has 0 aromatic rings. The van der Waals surface area contributed by atoms with Gasteiger partial charge in [-0.2, -0.15) is 0 Å². The average Bonchev–Trinajstić information content (AvgIpc) is 2.96. The van der Waals surface area contributed by atoms with Crippen LogP contribution < -0.4 is 0 Å². The molecule has 0 radical (unpaired) electrons. The summed E-state index contributed by atoms with van der Waals surface area (Å²) in [6, 6.07) is 0. The Labute approximate surface area is 146 Å². The number of aliphatic hydroxyl groups excluding tert-OH is 1. The van der Waals surface area contributed by atoms with Crippen molar-refractivity contribution in [2.75, 3.05) is 7.11 Å². The standard InChI is InChI=1S/C21H34O3/c1-7-19(4)16(22)12-20(5)13(2)8-10-21(14(3)18(19)23)11-9-15(24-6)17(20)21/h7,13-17,22H,1,8-12H2,2-6H3/t13-,14+,15-,16+,17+,19+,20-,21+/m1/s1. The quantitative estimate of drug-likeness (QED) is 0.777. The second-order valence-corrected chi connectivity index (χ2v) is 9.26. The van der Waals surface area contributed by atoms with E-state index in [9.17, 15) is 9.90 Å². The predicted molar refractivity (Wildman–Crippen MR) is 95.6 cm³/mol. The summed E-state index contributed by atoms with van der Waals surface area (Å²) in [5, 5.41) is 11.1. The van der Waals surface area contributed by atoms with Crippen molar-refractivity contribution in [3.63, 3.8) is 0 Å². The number of hydrogen-bond acceptors (Lipinski definition) is 3. The van der Waals surface area contributed by atoms with Gasteiger partial charge in [-0.1, -0.05) is 26.8 Å². The molecule has 3 aliphatic rings. The van der Waals surface area contributed by atoms with Crippen molar-refractivity contribution in [2.45, 2.75) is 72.0 Å². The molecule has 0 unspecified atom stereocenters. The van der Waals surface area contributed by atoms with E-state index in [1.807, 2.05) is 14.0 Å². The van der Waals surface area contributed by atoms with E-state index in [0.29, 0.717) is 18.3 Å². The van der Waals surface area contributed by atoms with Crippen molar-refractivity contribution in [3.05, 3.63) is 12.7 Å². The van der Waals surface area contributed by atoms with Gasteiger partial charge in [0.2, 0.25) is 0 Å². The topological polar surface area (TPSA) is 46.5 Å². The lowest BCUT2D eigenvalue weighted by Crippen LogP contribution is -2.60. The third kappa shape index (κ3) is 2.07. The Morgan fingerprint density at radius 3 is 2.46 bits per heavy atom. The van der Waals surface area contributed by atoms with Crippen molar-refractivity contribution < 1.29 is 14.6 Å². The normalized spacial score (nSPS) is 54.8. The maximum absolute atomic E-state index is 13.4. The molecule has 136 valence electrons. The van der Waals surface area contributed by atoms with Gasteiger partial charge in [-0.15, -0.1) is 6.58 Å². The molecule has 3 fully saturated rings. The molecule has 3 rings (SSSR count). The van der Waals surface area contributed by atoms with E-state index in [2.05, 4.69) is 27.4 Å². The Hall–Kier alpha value is -0.670. The van der Waals surface area contributed by atoms with Crippen LogP contribution in [0.4, 0.5) is 0 Å². The van der Waals surface area contributed by atoms with Crippen molar-refractivity contribution in [1.82, 2.24) is 0 Å². The Bertz CT molecular complexity index is 543. The van der Waals surface area contributed by atoms with Crippen molar-refractivity contribution in [3.8, 4) is 0 Å². The van der Waals surface area contributed by atoms with Gasteiger partial charge in [-0.05, 0) is 61.7 Å². The number of ether oxygens (including phenoxy) is 1. The Morgan fingerprint density at radius 2 is 1.88 bits per heavy atom. The molecule has 3 saturated carbocycles. The van der Waals surface area contributed by atoms with Gasteiger partial charge in [0.05, 0.1) is 17.6 Å². The molecule has 0 heterocycles. The van der Waals surface area contributed by atoms with Crippen LogP contribution in [0.2, 0.25) is 0 Å². The lowest BCUT2D eigenvalue weighted by atomic mass is 9.44. The minimum absolute atomic E-state index is 0.00588. The highest BCUT2D eigenvalue weighted by molar-refractivity contribution is 5.89. The zero-order valence-corrected chi connectivity index (χ0v) is 16.0. The summed E-state index contributed by atoms with van der Waals surface area (Å²) in [6.45, 7) is 12.5. The number of rotatable bonds is 2. The molecule has 0 saturated heterocycles. The van der Waals surface area contributed by atoms with Crippen molar-refractivity contribution >= 4 is 5.78 Å². The lowest BCUT2D eigenvalue weighted by molar-refractivity contribution is -0.173. The highest BCUT2D eigenvalue weighted by Gasteiger charge is 2.66. The molecule has 0 aromatic heterocycles. The predicted octanol–water partition coefficient (Wildman–Crippen LogP) is 4.00. The smallest absolute Gasteiger partial charge is 0.148 e. The summed E-state index contributed by atoms with van der Waals surface area (Å²) < 4.78 is 5.91. The Kier molecular flexibility index (Phi) is 4.28. The van der Waals surface area contributed by atoms with Crippen LogP contribution in [0.15, 0.2) is 12.7 Å². The number of Topliss-reactive ketones (excluding diaryl/α,β-unsaturated/α-hetero) is 1. The molecule has 8 atom stereocenters. The van der Waals surface area contributed by atoms with E-state index in [1.54, 1.807) is 6.08 Å². The van der Waals surface area contributed by atoms with Gasteiger partial charge in [-0.3, -0.25) is 4.79 Å². The van der Waals surface area contributed by atoms with Crippen LogP contribution in [-0.2, 0) is 9.53 Å². The first-order valence-corrected chi connectivity index (χ1v) is 9.56. The number of carbonyl (C=O) groups excluding carboxylic acids is 1.